The predicted octanol–water partition coefficient (Wildman–Crippen LogP) is 4.92. The summed E-state index contributed by atoms with van der Waals surface area (Å²) < 4.78 is 40.9. The lowest BCUT2D eigenvalue weighted by Gasteiger charge is -2.36. The van der Waals surface area contributed by atoms with Crippen LogP contribution in [-0.4, -0.2) is 27.7 Å². The van der Waals surface area contributed by atoms with Crippen LogP contribution in [0.25, 0.3) is 0 Å². The number of hydrogen-bond donors (Lipinski definition) is 2. The highest BCUT2D eigenvalue weighted by Crippen LogP contribution is 2.39. The van der Waals surface area contributed by atoms with Crippen molar-refractivity contribution in [2.75, 3.05) is 6.54 Å². The molecule has 0 amide bonds. The van der Waals surface area contributed by atoms with Gasteiger partial charge in [0.2, 0.25) is 0 Å². The summed E-state index contributed by atoms with van der Waals surface area (Å²) in [5, 5.41) is 19.6. The number of halogens is 3. The van der Waals surface area contributed by atoms with Crippen LogP contribution in [-0.2, 0) is 24.7 Å². The van der Waals surface area contributed by atoms with E-state index in [9.17, 15) is 23.4 Å². The van der Waals surface area contributed by atoms with E-state index in [2.05, 4.69) is 6.58 Å². The third kappa shape index (κ3) is 4.60. The smallest absolute Gasteiger partial charge is 0.416 e. The molecule has 6 heteroatoms. The molecule has 1 fully saturated rings. The molecule has 0 bridgehead atoms. The number of alkyl halides is 3. The molecule has 0 aromatic heterocycles. The lowest BCUT2D eigenvalue weighted by Crippen LogP contribution is -2.40. The highest BCUT2D eigenvalue weighted by Gasteiger charge is 2.37. The van der Waals surface area contributed by atoms with E-state index in [-0.39, 0.29) is 30.5 Å². The van der Waals surface area contributed by atoms with Crippen molar-refractivity contribution in [2.45, 2.75) is 70.8 Å². The van der Waals surface area contributed by atoms with Crippen molar-refractivity contribution >= 4 is 0 Å². The van der Waals surface area contributed by atoms with E-state index in [1.54, 1.807) is 20.8 Å². The molecule has 26 heavy (non-hydrogen) atoms. The number of benzene rings is 1. The van der Waals surface area contributed by atoms with Crippen LogP contribution < -0.4 is 0 Å². The fourth-order valence-corrected chi connectivity index (χ4v) is 3.62. The highest BCUT2D eigenvalue weighted by atomic mass is 19.4. The number of likely N-dealkylation sites (tertiary alicyclic amines) is 1. The normalized spacial score (nSPS) is 19.6. The molecule has 0 radical (unpaired) electrons. The molecule has 1 aliphatic rings. The Balaban J connectivity index is 2.49. The predicted molar refractivity (Wildman–Crippen MR) is 95.9 cm³/mol. The largest absolute Gasteiger partial charge is 0.511 e. The van der Waals surface area contributed by atoms with Gasteiger partial charge < -0.3 is 10.2 Å². The van der Waals surface area contributed by atoms with Crippen molar-refractivity contribution in [3.05, 3.63) is 46.7 Å². The van der Waals surface area contributed by atoms with Gasteiger partial charge in [0.15, 0.2) is 0 Å². The summed E-state index contributed by atoms with van der Waals surface area (Å²) >= 11 is 0. The van der Waals surface area contributed by atoms with Crippen LogP contribution in [0.2, 0.25) is 0 Å². The van der Waals surface area contributed by atoms with Crippen LogP contribution >= 0.6 is 0 Å². The zero-order valence-electron chi connectivity index (χ0n) is 15.7. The molecule has 1 aromatic rings. The molecule has 0 aliphatic carbocycles. The maximum Gasteiger partial charge on any atom is 0.416 e. The van der Waals surface area contributed by atoms with Crippen LogP contribution in [0.15, 0.2) is 24.5 Å². The molecule has 2 N–H and O–H groups in total. The van der Waals surface area contributed by atoms with Crippen LogP contribution in [0.1, 0.15) is 62.3 Å². The van der Waals surface area contributed by atoms with Crippen molar-refractivity contribution in [3.8, 4) is 0 Å². The summed E-state index contributed by atoms with van der Waals surface area (Å²) in [6.45, 7) is 9.39. The SMILES string of the molecule is C=C(O)[C@@H]1CCCCN1Cc1cc(C(F)(F)F)c(C(C)(C)C)cc1CO. The van der Waals surface area contributed by atoms with E-state index in [4.69, 9.17) is 0 Å². The van der Waals surface area contributed by atoms with Gasteiger partial charge in [-0.2, -0.15) is 13.2 Å². The number of aliphatic hydroxyl groups excluding tert-OH is 2. The Morgan fingerprint density at radius 1 is 1.15 bits per heavy atom. The summed E-state index contributed by atoms with van der Waals surface area (Å²) in [6.07, 6.45) is -1.86. The van der Waals surface area contributed by atoms with Crippen molar-refractivity contribution in [2.24, 2.45) is 0 Å². The quantitative estimate of drug-likeness (QED) is 0.738. The van der Waals surface area contributed by atoms with E-state index < -0.39 is 17.2 Å². The third-order valence-corrected chi connectivity index (χ3v) is 5.00. The van der Waals surface area contributed by atoms with E-state index in [0.717, 1.165) is 25.3 Å². The number of hydrogen-bond acceptors (Lipinski definition) is 3. The van der Waals surface area contributed by atoms with Gasteiger partial charge in [0.1, 0.15) is 5.76 Å². The van der Waals surface area contributed by atoms with Gasteiger partial charge in [0.05, 0.1) is 18.2 Å². The summed E-state index contributed by atoms with van der Waals surface area (Å²) in [6, 6.07) is 2.38. The summed E-state index contributed by atoms with van der Waals surface area (Å²) in [4.78, 5) is 1.94. The lowest BCUT2D eigenvalue weighted by atomic mass is 9.81. The van der Waals surface area contributed by atoms with Crippen molar-refractivity contribution in [1.82, 2.24) is 4.90 Å². The molecule has 1 aliphatic heterocycles. The van der Waals surface area contributed by atoms with E-state index in [1.165, 1.54) is 6.07 Å². The lowest BCUT2D eigenvalue weighted by molar-refractivity contribution is -0.138. The molecule has 0 unspecified atom stereocenters. The summed E-state index contributed by atoms with van der Waals surface area (Å²) in [5.74, 6) is 0.0394. The molecule has 1 heterocycles. The average Bonchev–Trinajstić information content (AvgIpc) is 2.53. The van der Waals surface area contributed by atoms with Gasteiger partial charge in [-0.1, -0.05) is 39.8 Å². The first kappa shape index (κ1) is 20.8. The van der Waals surface area contributed by atoms with E-state index >= 15 is 0 Å². The molecule has 1 atom stereocenters. The molecule has 0 spiro atoms. The van der Waals surface area contributed by atoms with Crippen LogP contribution in [0.5, 0.6) is 0 Å². The zero-order valence-corrected chi connectivity index (χ0v) is 15.7. The molecular weight excluding hydrogens is 343 g/mol. The van der Waals surface area contributed by atoms with E-state index in [0.29, 0.717) is 17.7 Å². The van der Waals surface area contributed by atoms with E-state index in [1.807, 2.05) is 4.90 Å². The van der Waals surface area contributed by atoms with Crippen LogP contribution in [0, 0.1) is 0 Å². The van der Waals surface area contributed by atoms with Gasteiger partial charge >= 0.3 is 6.18 Å². The molecule has 146 valence electrons. The standard InChI is InChI=1S/C20H28F3NO2/c1-13(26)18-7-5-6-8-24(18)11-14-9-17(20(21,22)23)16(19(2,3)4)10-15(14)12-25/h9-10,18,25-26H,1,5-8,11-12H2,2-4H3/t18-/m0/s1. The second kappa shape index (κ2) is 7.61. The Kier molecular flexibility index (Phi) is 6.08. The topological polar surface area (TPSA) is 43.7 Å². The van der Waals surface area contributed by atoms with Crippen molar-refractivity contribution in [1.29, 1.82) is 0 Å². The molecule has 1 saturated heterocycles. The third-order valence-electron chi connectivity index (χ3n) is 5.00. The second-order valence-electron chi connectivity index (χ2n) is 8.05. The Labute approximate surface area is 153 Å². The Morgan fingerprint density at radius 3 is 2.27 bits per heavy atom. The first-order valence-electron chi connectivity index (χ1n) is 8.91. The highest BCUT2D eigenvalue weighted by molar-refractivity contribution is 5.43. The Morgan fingerprint density at radius 2 is 1.77 bits per heavy atom. The van der Waals surface area contributed by atoms with Gasteiger partial charge in [-0.3, -0.25) is 4.90 Å². The van der Waals surface area contributed by atoms with Crippen molar-refractivity contribution < 1.29 is 23.4 Å². The monoisotopic (exact) mass is 371 g/mol. The summed E-state index contributed by atoms with van der Waals surface area (Å²) in [5.41, 5.74) is -0.231. The minimum atomic E-state index is -4.47. The fraction of sp³-hybridized carbons (Fsp3) is 0.600. The summed E-state index contributed by atoms with van der Waals surface area (Å²) in [7, 11) is 0. The van der Waals surface area contributed by atoms with Gasteiger partial charge in [-0.05, 0) is 47.6 Å². The molecular formula is C20H28F3NO2. The minimum Gasteiger partial charge on any atom is -0.511 e. The Hall–Kier alpha value is -1.53. The second-order valence-corrected chi connectivity index (χ2v) is 8.05. The maximum atomic E-state index is 13.6. The Bertz CT molecular complexity index is 662. The molecule has 0 saturated carbocycles. The molecule has 3 nitrogen and oxygen atoms in total. The number of nitrogens with zero attached hydrogens (tertiary/aromatic N) is 1. The fourth-order valence-electron chi connectivity index (χ4n) is 3.62. The van der Waals surface area contributed by atoms with Gasteiger partial charge in [-0.15, -0.1) is 0 Å². The van der Waals surface area contributed by atoms with Crippen LogP contribution in [0.3, 0.4) is 0 Å². The maximum absolute atomic E-state index is 13.6. The number of rotatable bonds is 4. The van der Waals surface area contributed by atoms with Crippen LogP contribution in [0.4, 0.5) is 13.2 Å². The van der Waals surface area contributed by atoms with Gasteiger partial charge in [-0.25, -0.2) is 0 Å². The molecule has 2 rings (SSSR count). The number of aliphatic hydroxyl groups is 2. The van der Waals surface area contributed by atoms with Gasteiger partial charge in [0, 0.05) is 6.54 Å². The minimum absolute atomic E-state index is 0.0394. The van der Waals surface area contributed by atoms with Crippen molar-refractivity contribution in [3.63, 3.8) is 0 Å². The zero-order chi connectivity index (χ0) is 19.7. The first-order chi connectivity index (χ1) is 11.9. The molecule has 1 aromatic carbocycles. The first-order valence-corrected chi connectivity index (χ1v) is 8.91. The number of piperidine rings is 1. The van der Waals surface area contributed by atoms with Gasteiger partial charge in [0.25, 0.3) is 0 Å². The average molecular weight is 371 g/mol.